The topological polar surface area (TPSA) is 12.5 Å². The van der Waals surface area contributed by atoms with Gasteiger partial charge in [0.05, 0.1) is 13.2 Å². The summed E-state index contributed by atoms with van der Waals surface area (Å²) in [5, 5.41) is 0. The normalized spacial score (nSPS) is 15.1. The van der Waals surface area contributed by atoms with Crippen LogP contribution < -0.4 is 4.74 Å². The maximum absolute atomic E-state index is 12.8. The highest BCUT2D eigenvalue weighted by Gasteiger charge is 2.22. The van der Waals surface area contributed by atoms with Crippen LogP contribution in [0, 0.1) is 0 Å². The van der Waals surface area contributed by atoms with E-state index in [1.807, 2.05) is 50.3 Å². The van der Waals surface area contributed by atoms with Gasteiger partial charge in [0, 0.05) is 11.4 Å². The molecule has 1 aromatic carbocycles. The van der Waals surface area contributed by atoms with Gasteiger partial charge in [-0.05, 0) is 55.3 Å². The molecule has 21 heavy (non-hydrogen) atoms. The van der Waals surface area contributed by atoms with E-state index in [0.717, 1.165) is 22.6 Å². The predicted octanol–water partition coefficient (Wildman–Crippen LogP) is 4.47. The number of ether oxygens (including phenoxy) is 1. The van der Waals surface area contributed by atoms with Crippen molar-refractivity contribution in [2.24, 2.45) is 0 Å². The van der Waals surface area contributed by atoms with E-state index in [9.17, 15) is 8.78 Å². The van der Waals surface area contributed by atoms with Crippen molar-refractivity contribution in [2.45, 2.75) is 20.3 Å². The highest BCUT2D eigenvalue weighted by atomic mass is 19.3. The molecule has 1 heterocycles. The van der Waals surface area contributed by atoms with Crippen LogP contribution in [0.4, 0.5) is 8.78 Å². The number of hydrogen-bond donors (Lipinski definition) is 0. The first-order valence-electron chi connectivity index (χ1n) is 6.89. The summed E-state index contributed by atoms with van der Waals surface area (Å²) >= 11 is 0. The number of alkyl halides is 2. The first kappa shape index (κ1) is 15.3. The Bertz CT molecular complexity index is 573. The van der Waals surface area contributed by atoms with Crippen LogP contribution in [0.5, 0.6) is 5.75 Å². The average molecular weight is 291 g/mol. The van der Waals surface area contributed by atoms with Gasteiger partial charge < -0.3 is 9.64 Å². The SMILES string of the molecule is C=C1C(C)=CC=C(c2ccc(OCC)cc2)N1CC(F)F. The summed E-state index contributed by atoms with van der Waals surface area (Å²) in [6.07, 6.45) is 1.33. The van der Waals surface area contributed by atoms with Crippen molar-refractivity contribution >= 4 is 5.70 Å². The lowest BCUT2D eigenvalue weighted by atomic mass is 10.0. The minimum Gasteiger partial charge on any atom is -0.494 e. The minimum absolute atomic E-state index is 0.358. The summed E-state index contributed by atoms with van der Waals surface area (Å²) < 4.78 is 31.0. The summed E-state index contributed by atoms with van der Waals surface area (Å²) in [6.45, 7) is 7.93. The third kappa shape index (κ3) is 3.51. The molecule has 0 aliphatic carbocycles. The van der Waals surface area contributed by atoms with Gasteiger partial charge in [-0.2, -0.15) is 0 Å². The first-order valence-corrected chi connectivity index (χ1v) is 6.89. The Morgan fingerprint density at radius 3 is 2.43 bits per heavy atom. The van der Waals surface area contributed by atoms with Gasteiger partial charge >= 0.3 is 0 Å². The zero-order valence-electron chi connectivity index (χ0n) is 12.3. The van der Waals surface area contributed by atoms with Crippen LogP contribution in [0.2, 0.25) is 0 Å². The molecule has 1 aliphatic rings. The van der Waals surface area contributed by atoms with E-state index in [-0.39, 0.29) is 6.54 Å². The fraction of sp³-hybridized carbons (Fsp3) is 0.294. The fourth-order valence-corrected chi connectivity index (χ4v) is 2.24. The highest BCUT2D eigenvalue weighted by Crippen LogP contribution is 2.31. The summed E-state index contributed by atoms with van der Waals surface area (Å²) in [4.78, 5) is 1.57. The first-order chi connectivity index (χ1) is 10.0. The molecule has 112 valence electrons. The van der Waals surface area contributed by atoms with Crippen LogP contribution in [0.1, 0.15) is 19.4 Å². The van der Waals surface area contributed by atoms with Gasteiger partial charge in [-0.25, -0.2) is 8.78 Å². The Hall–Kier alpha value is -2.10. The summed E-state index contributed by atoms with van der Waals surface area (Å²) in [6, 6.07) is 7.43. The molecule has 0 spiro atoms. The van der Waals surface area contributed by atoms with E-state index in [2.05, 4.69) is 6.58 Å². The minimum atomic E-state index is -2.42. The zero-order valence-corrected chi connectivity index (χ0v) is 12.3. The number of rotatable bonds is 5. The van der Waals surface area contributed by atoms with Crippen LogP contribution in [0.15, 0.2) is 54.3 Å². The molecule has 2 rings (SSSR count). The van der Waals surface area contributed by atoms with E-state index in [1.54, 1.807) is 4.90 Å². The summed E-state index contributed by atoms with van der Waals surface area (Å²) in [5.41, 5.74) is 3.10. The third-order valence-electron chi connectivity index (χ3n) is 3.34. The molecule has 0 unspecified atom stereocenters. The summed E-state index contributed by atoms with van der Waals surface area (Å²) in [7, 11) is 0. The Balaban J connectivity index is 2.31. The number of benzene rings is 1. The molecule has 1 aliphatic heterocycles. The molecular weight excluding hydrogens is 272 g/mol. The third-order valence-corrected chi connectivity index (χ3v) is 3.34. The highest BCUT2D eigenvalue weighted by molar-refractivity contribution is 5.71. The van der Waals surface area contributed by atoms with E-state index < -0.39 is 6.43 Å². The maximum Gasteiger partial charge on any atom is 0.256 e. The Labute approximate surface area is 124 Å². The Morgan fingerprint density at radius 2 is 1.86 bits per heavy atom. The van der Waals surface area contributed by atoms with Gasteiger partial charge in [0.2, 0.25) is 0 Å². The molecule has 4 heteroatoms. The van der Waals surface area contributed by atoms with Crippen LogP contribution in [-0.2, 0) is 0 Å². The second-order valence-electron chi connectivity index (χ2n) is 4.81. The lowest BCUT2D eigenvalue weighted by Crippen LogP contribution is -2.28. The van der Waals surface area contributed by atoms with Crippen molar-refractivity contribution in [3.63, 3.8) is 0 Å². The predicted molar refractivity (Wildman–Crippen MR) is 81.2 cm³/mol. The van der Waals surface area contributed by atoms with E-state index >= 15 is 0 Å². The lowest BCUT2D eigenvalue weighted by Gasteiger charge is -2.32. The maximum atomic E-state index is 12.8. The van der Waals surface area contributed by atoms with Crippen molar-refractivity contribution < 1.29 is 13.5 Å². The van der Waals surface area contributed by atoms with Crippen molar-refractivity contribution in [2.75, 3.05) is 13.2 Å². The monoisotopic (exact) mass is 291 g/mol. The summed E-state index contributed by atoms with van der Waals surface area (Å²) in [5.74, 6) is 0.767. The lowest BCUT2D eigenvalue weighted by molar-refractivity contribution is 0.123. The van der Waals surface area contributed by atoms with Crippen LogP contribution in [0.25, 0.3) is 5.70 Å². The quantitative estimate of drug-likeness (QED) is 0.793. The van der Waals surface area contributed by atoms with E-state index in [0.29, 0.717) is 12.3 Å². The molecule has 0 bridgehead atoms. The van der Waals surface area contributed by atoms with E-state index in [4.69, 9.17) is 4.74 Å². The van der Waals surface area contributed by atoms with Crippen LogP contribution >= 0.6 is 0 Å². The van der Waals surface area contributed by atoms with Gasteiger partial charge in [-0.15, -0.1) is 0 Å². The van der Waals surface area contributed by atoms with Gasteiger partial charge in [0.25, 0.3) is 6.43 Å². The largest absolute Gasteiger partial charge is 0.494 e. The molecule has 0 N–H and O–H groups in total. The Morgan fingerprint density at radius 1 is 1.19 bits per heavy atom. The average Bonchev–Trinajstić information content (AvgIpc) is 2.45. The molecule has 0 amide bonds. The molecule has 2 nitrogen and oxygen atoms in total. The number of nitrogens with zero attached hydrogens (tertiary/aromatic N) is 1. The molecule has 1 aromatic rings. The van der Waals surface area contributed by atoms with Crippen molar-refractivity contribution in [3.05, 3.63) is 59.8 Å². The molecular formula is C17H19F2NO. The fourth-order valence-electron chi connectivity index (χ4n) is 2.24. The van der Waals surface area contributed by atoms with Gasteiger partial charge in [0.1, 0.15) is 5.75 Å². The zero-order chi connectivity index (χ0) is 15.4. The van der Waals surface area contributed by atoms with Crippen molar-refractivity contribution in [1.82, 2.24) is 4.90 Å². The Kier molecular flexibility index (Phi) is 4.78. The van der Waals surface area contributed by atoms with E-state index in [1.165, 1.54) is 0 Å². The second-order valence-corrected chi connectivity index (χ2v) is 4.81. The number of halogens is 2. The van der Waals surface area contributed by atoms with Crippen molar-refractivity contribution in [3.8, 4) is 5.75 Å². The van der Waals surface area contributed by atoms with Gasteiger partial charge in [-0.1, -0.05) is 12.7 Å². The molecule has 0 aromatic heterocycles. The molecule has 0 atom stereocenters. The smallest absolute Gasteiger partial charge is 0.256 e. The van der Waals surface area contributed by atoms with Crippen LogP contribution in [-0.4, -0.2) is 24.5 Å². The molecule has 0 radical (unpaired) electrons. The second kappa shape index (κ2) is 6.57. The van der Waals surface area contributed by atoms with Gasteiger partial charge in [-0.3, -0.25) is 0 Å². The van der Waals surface area contributed by atoms with Gasteiger partial charge in [0.15, 0.2) is 0 Å². The van der Waals surface area contributed by atoms with Crippen molar-refractivity contribution in [1.29, 1.82) is 0 Å². The standard InChI is InChI=1S/C17H19F2NO/c1-4-21-15-8-6-14(7-9-15)16-10-5-12(2)13(3)20(16)11-17(18)19/h5-10,17H,3-4,11H2,1-2H3. The number of allylic oxidation sites excluding steroid dienone is 3. The van der Waals surface area contributed by atoms with Crippen LogP contribution in [0.3, 0.4) is 0 Å². The number of hydrogen-bond acceptors (Lipinski definition) is 2. The molecule has 0 saturated carbocycles. The molecule has 0 saturated heterocycles. The molecule has 0 fully saturated rings.